The van der Waals surface area contributed by atoms with Crippen molar-refractivity contribution in [3.05, 3.63) is 35.4 Å². The maximum absolute atomic E-state index is 12.8. The summed E-state index contributed by atoms with van der Waals surface area (Å²) in [5, 5.41) is 0. The Morgan fingerprint density at radius 3 is 2.55 bits per heavy atom. The van der Waals surface area contributed by atoms with Crippen molar-refractivity contribution in [2.24, 2.45) is 11.3 Å². The Bertz CT molecular complexity index is 790. The van der Waals surface area contributed by atoms with Crippen molar-refractivity contribution in [3.8, 4) is 0 Å². The maximum Gasteiger partial charge on any atom is 0.416 e. The number of nitrogens with zero attached hydrogens (tertiary/aromatic N) is 2. The Kier molecular flexibility index (Phi) is 4.48. The normalized spacial score (nSPS) is 31.9. The fourth-order valence-corrected chi connectivity index (χ4v) is 5.71. The van der Waals surface area contributed by atoms with Crippen LogP contribution in [0, 0.1) is 11.3 Å². The van der Waals surface area contributed by atoms with Crippen molar-refractivity contribution in [3.63, 3.8) is 0 Å². The summed E-state index contributed by atoms with van der Waals surface area (Å²) in [4.78, 5) is 17.1. The monoisotopic (exact) mass is 408 g/mol. The molecule has 3 saturated heterocycles. The van der Waals surface area contributed by atoms with Crippen molar-refractivity contribution >= 4 is 5.91 Å². The predicted octanol–water partition coefficient (Wildman–Crippen LogP) is 4.05. The van der Waals surface area contributed by atoms with Crippen LogP contribution in [0.25, 0.3) is 0 Å². The molecule has 7 heteroatoms. The molecule has 5 rings (SSSR count). The second-order valence-electron chi connectivity index (χ2n) is 9.38. The fraction of sp³-hybridized carbons (Fsp3) is 0.682. The van der Waals surface area contributed by atoms with Gasteiger partial charge in [0.1, 0.15) is 5.72 Å². The van der Waals surface area contributed by atoms with Crippen molar-refractivity contribution in [2.45, 2.75) is 57.0 Å². The average Bonchev–Trinajstić information content (AvgIpc) is 2.67. The molecule has 2 spiro atoms. The highest BCUT2D eigenvalue weighted by molar-refractivity contribution is 5.78. The number of amides is 1. The van der Waals surface area contributed by atoms with Gasteiger partial charge in [0.25, 0.3) is 0 Å². The molecule has 1 amide bonds. The van der Waals surface area contributed by atoms with Crippen molar-refractivity contribution in [1.29, 1.82) is 0 Å². The highest BCUT2D eigenvalue weighted by atomic mass is 19.4. The van der Waals surface area contributed by atoms with Crippen LogP contribution in [-0.4, -0.2) is 47.7 Å². The number of ether oxygens (including phenoxy) is 1. The molecular formula is C22H27F3N2O2. The number of alkyl halides is 3. The third kappa shape index (κ3) is 3.26. The van der Waals surface area contributed by atoms with Gasteiger partial charge >= 0.3 is 6.18 Å². The van der Waals surface area contributed by atoms with Crippen molar-refractivity contribution in [2.75, 3.05) is 26.2 Å². The highest BCUT2D eigenvalue weighted by Gasteiger charge is 2.59. The number of rotatable bonds is 2. The molecule has 0 N–H and O–H groups in total. The minimum absolute atomic E-state index is 0.181. The second kappa shape index (κ2) is 6.71. The van der Waals surface area contributed by atoms with Gasteiger partial charge in [-0.2, -0.15) is 13.2 Å². The molecule has 4 fully saturated rings. The molecule has 3 heterocycles. The number of piperidine rings is 2. The minimum atomic E-state index is -4.30. The van der Waals surface area contributed by atoms with Gasteiger partial charge in [0.05, 0.1) is 12.2 Å². The zero-order valence-electron chi connectivity index (χ0n) is 16.5. The molecule has 0 bridgehead atoms. The number of hydrogen-bond acceptors (Lipinski definition) is 3. The van der Waals surface area contributed by atoms with E-state index in [0.717, 1.165) is 69.6 Å². The molecule has 4 aliphatic rings. The second-order valence-corrected chi connectivity index (χ2v) is 9.38. The molecule has 1 aromatic carbocycles. The lowest BCUT2D eigenvalue weighted by Crippen LogP contribution is -2.72. The summed E-state index contributed by atoms with van der Waals surface area (Å²) < 4.78 is 44.8. The van der Waals surface area contributed by atoms with E-state index in [1.165, 1.54) is 6.42 Å². The number of likely N-dealkylation sites (tertiary alicyclic amines) is 1. The highest BCUT2D eigenvalue weighted by Crippen LogP contribution is 2.52. The third-order valence-electron chi connectivity index (χ3n) is 7.59. The molecule has 1 saturated carbocycles. The number of hydrogen-bond donors (Lipinski definition) is 0. The van der Waals surface area contributed by atoms with Gasteiger partial charge in [0, 0.05) is 50.4 Å². The number of carbonyl (C=O) groups is 1. The van der Waals surface area contributed by atoms with Crippen LogP contribution in [-0.2, 0) is 22.3 Å². The van der Waals surface area contributed by atoms with Crippen LogP contribution >= 0.6 is 0 Å². The lowest BCUT2D eigenvalue weighted by atomic mass is 9.66. The molecule has 1 aromatic rings. The molecule has 158 valence electrons. The maximum atomic E-state index is 12.8. The summed E-state index contributed by atoms with van der Waals surface area (Å²) in [5.41, 5.74) is -0.0102. The van der Waals surface area contributed by atoms with Gasteiger partial charge in [-0.05, 0) is 37.0 Å². The zero-order chi connectivity index (χ0) is 20.3. The van der Waals surface area contributed by atoms with Crippen LogP contribution in [0.5, 0.6) is 0 Å². The molecule has 0 radical (unpaired) electrons. The van der Waals surface area contributed by atoms with Gasteiger partial charge < -0.3 is 9.64 Å². The predicted molar refractivity (Wildman–Crippen MR) is 101 cm³/mol. The molecule has 0 unspecified atom stereocenters. The Morgan fingerprint density at radius 1 is 1.14 bits per heavy atom. The summed E-state index contributed by atoms with van der Waals surface area (Å²) in [6.45, 7) is 3.82. The Morgan fingerprint density at radius 2 is 1.90 bits per heavy atom. The SMILES string of the molecule is O=C1CC[C@@H]2CN(Cc3ccc(C(F)(F)F)cc3)CC[C@@]23OCC2(CCC2)CN13. The van der Waals surface area contributed by atoms with E-state index in [1.807, 2.05) is 0 Å². The van der Waals surface area contributed by atoms with Crippen LogP contribution in [0.15, 0.2) is 24.3 Å². The molecule has 2 atom stereocenters. The zero-order valence-corrected chi connectivity index (χ0v) is 16.5. The summed E-state index contributed by atoms with van der Waals surface area (Å²) in [6, 6.07) is 5.46. The molecule has 4 nitrogen and oxygen atoms in total. The van der Waals surface area contributed by atoms with Gasteiger partial charge in [0.15, 0.2) is 0 Å². The fourth-order valence-electron chi connectivity index (χ4n) is 5.71. The number of benzene rings is 1. The van der Waals surface area contributed by atoms with E-state index in [-0.39, 0.29) is 17.2 Å². The first-order valence-electron chi connectivity index (χ1n) is 10.6. The summed E-state index contributed by atoms with van der Waals surface area (Å²) in [7, 11) is 0. The number of halogens is 3. The Labute approximate surface area is 169 Å². The van der Waals surface area contributed by atoms with E-state index in [1.54, 1.807) is 12.1 Å². The Hall–Kier alpha value is -1.60. The van der Waals surface area contributed by atoms with Crippen LogP contribution in [0.1, 0.15) is 49.7 Å². The van der Waals surface area contributed by atoms with Crippen LogP contribution in [0.2, 0.25) is 0 Å². The van der Waals surface area contributed by atoms with Gasteiger partial charge in [-0.3, -0.25) is 9.69 Å². The van der Waals surface area contributed by atoms with E-state index in [4.69, 9.17) is 4.74 Å². The topological polar surface area (TPSA) is 32.8 Å². The minimum Gasteiger partial charge on any atom is -0.355 e. The van der Waals surface area contributed by atoms with E-state index in [9.17, 15) is 18.0 Å². The van der Waals surface area contributed by atoms with E-state index in [0.29, 0.717) is 13.0 Å². The van der Waals surface area contributed by atoms with E-state index in [2.05, 4.69) is 9.80 Å². The lowest BCUT2D eigenvalue weighted by Gasteiger charge is -2.62. The average molecular weight is 408 g/mol. The van der Waals surface area contributed by atoms with Gasteiger partial charge in [-0.25, -0.2) is 0 Å². The lowest BCUT2D eigenvalue weighted by molar-refractivity contribution is -0.282. The first kappa shape index (κ1) is 19.4. The quantitative estimate of drug-likeness (QED) is 0.740. The molecule has 1 aliphatic carbocycles. The summed E-state index contributed by atoms with van der Waals surface area (Å²) in [5.74, 6) is 0.490. The van der Waals surface area contributed by atoms with Gasteiger partial charge in [-0.15, -0.1) is 0 Å². The van der Waals surface area contributed by atoms with Crippen LogP contribution in [0.4, 0.5) is 13.2 Å². The van der Waals surface area contributed by atoms with Crippen molar-refractivity contribution < 1.29 is 22.7 Å². The van der Waals surface area contributed by atoms with Crippen LogP contribution in [0.3, 0.4) is 0 Å². The first-order valence-corrected chi connectivity index (χ1v) is 10.6. The van der Waals surface area contributed by atoms with Gasteiger partial charge in [0.2, 0.25) is 5.91 Å². The molecule has 3 aliphatic heterocycles. The number of carbonyl (C=O) groups excluding carboxylic acids is 1. The first-order chi connectivity index (χ1) is 13.8. The molecular weight excluding hydrogens is 381 g/mol. The Balaban J connectivity index is 1.28. The van der Waals surface area contributed by atoms with Crippen molar-refractivity contribution in [1.82, 2.24) is 9.80 Å². The van der Waals surface area contributed by atoms with E-state index < -0.39 is 17.5 Å². The summed E-state index contributed by atoms with van der Waals surface area (Å²) in [6.07, 6.45) is 1.40. The largest absolute Gasteiger partial charge is 0.416 e. The standard InChI is InChI=1S/C22H27F3N2O2/c23-22(24,25)17-4-2-16(3-5-17)12-26-11-10-21-18(13-26)6-7-19(28)27(21)14-20(15-29-21)8-1-9-20/h2-5,18H,1,6-15H2/t18-,21-/m1/s1. The molecule has 29 heavy (non-hydrogen) atoms. The molecule has 0 aromatic heterocycles. The van der Waals surface area contributed by atoms with Crippen LogP contribution < -0.4 is 0 Å². The smallest absolute Gasteiger partial charge is 0.355 e. The summed E-state index contributed by atoms with van der Waals surface area (Å²) >= 11 is 0. The van der Waals surface area contributed by atoms with E-state index >= 15 is 0 Å². The third-order valence-corrected chi connectivity index (χ3v) is 7.59. The van der Waals surface area contributed by atoms with Gasteiger partial charge in [-0.1, -0.05) is 18.6 Å².